The lowest BCUT2D eigenvalue weighted by Crippen LogP contribution is -2.47. The van der Waals surface area contributed by atoms with Crippen molar-refractivity contribution >= 4 is 11.6 Å². The summed E-state index contributed by atoms with van der Waals surface area (Å²) in [6.07, 6.45) is 1.72. The quantitative estimate of drug-likeness (QED) is 0.662. The predicted octanol–water partition coefficient (Wildman–Crippen LogP) is 3.30. The fourth-order valence-corrected chi connectivity index (χ4v) is 4.29. The number of aromatic hydroxyl groups is 1. The maximum Gasteiger partial charge on any atom is 0.260 e. The van der Waals surface area contributed by atoms with Gasteiger partial charge in [0, 0.05) is 43.1 Å². The molecule has 7 heteroatoms. The fourth-order valence-electron chi connectivity index (χ4n) is 4.16. The van der Waals surface area contributed by atoms with Gasteiger partial charge >= 0.3 is 0 Å². The third-order valence-electron chi connectivity index (χ3n) is 5.93. The second-order valence-electron chi connectivity index (χ2n) is 8.09. The molecule has 4 rings (SSSR count). The smallest absolute Gasteiger partial charge is 0.260 e. The largest absolute Gasteiger partial charge is 0.507 e. The second kappa shape index (κ2) is 9.22. The summed E-state index contributed by atoms with van der Waals surface area (Å²) in [6.45, 7) is 5.60. The third kappa shape index (κ3) is 4.66. The van der Waals surface area contributed by atoms with Crippen LogP contribution in [-0.2, 0) is 6.54 Å². The molecule has 1 aliphatic heterocycles. The number of likely N-dealkylation sites (N-methyl/N-ethyl adjacent to an activating group) is 1. The van der Waals surface area contributed by atoms with Crippen LogP contribution in [0.2, 0.25) is 5.02 Å². The summed E-state index contributed by atoms with van der Waals surface area (Å²) in [4.78, 5) is 22.6. The molecule has 1 atom stereocenters. The first-order valence-electron chi connectivity index (χ1n) is 10.5. The number of nitrogens with zero attached hydrogens (tertiary/aromatic N) is 4. The lowest BCUT2D eigenvalue weighted by atomic mass is 9.96. The minimum absolute atomic E-state index is 0.0265. The van der Waals surface area contributed by atoms with E-state index >= 15 is 0 Å². The zero-order valence-corrected chi connectivity index (χ0v) is 18.6. The summed E-state index contributed by atoms with van der Waals surface area (Å²) >= 11 is 6.12. The first kappa shape index (κ1) is 21.6. The molecule has 1 aliphatic rings. The molecule has 0 saturated carbocycles. The monoisotopic (exact) mass is 438 g/mol. The standard InChI is InChI=1S/C24H27ClN4O2/c1-17-15-21(30)22(24(31)29(17)16-20-5-3-4-10-26-20)23(18-6-8-19(25)9-7-18)28-13-11-27(2)12-14-28/h3-10,15,23,30H,11-14,16H2,1-2H3/t23-/m1/s1. The molecule has 0 amide bonds. The number of pyridine rings is 2. The Kier molecular flexibility index (Phi) is 6.41. The minimum atomic E-state index is -0.353. The van der Waals surface area contributed by atoms with Crippen LogP contribution in [0.25, 0.3) is 0 Å². The highest BCUT2D eigenvalue weighted by Crippen LogP contribution is 2.33. The van der Waals surface area contributed by atoms with Crippen LogP contribution >= 0.6 is 11.6 Å². The number of aromatic nitrogens is 2. The Morgan fingerprint density at radius 1 is 1.10 bits per heavy atom. The average Bonchev–Trinajstić information content (AvgIpc) is 2.76. The molecule has 3 heterocycles. The zero-order valence-electron chi connectivity index (χ0n) is 17.8. The Bertz CT molecular complexity index is 1090. The van der Waals surface area contributed by atoms with Gasteiger partial charge in [0.25, 0.3) is 5.56 Å². The maximum atomic E-state index is 13.7. The zero-order chi connectivity index (χ0) is 22.0. The van der Waals surface area contributed by atoms with Gasteiger partial charge in [0.15, 0.2) is 0 Å². The summed E-state index contributed by atoms with van der Waals surface area (Å²) < 4.78 is 1.69. The molecular weight excluding hydrogens is 412 g/mol. The molecule has 1 fully saturated rings. The molecule has 31 heavy (non-hydrogen) atoms. The number of benzene rings is 1. The Labute approximate surface area is 187 Å². The van der Waals surface area contributed by atoms with Gasteiger partial charge in [-0.15, -0.1) is 0 Å². The highest BCUT2D eigenvalue weighted by atomic mass is 35.5. The highest BCUT2D eigenvalue weighted by Gasteiger charge is 2.31. The van der Waals surface area contributed by atoms with E-state index in [0.29, 0.717) is 22.8 Å². The van der Waals surface area contributed by atoms with Crippen molar-refractivity contribution in [3.05, 3.63) is 92.6 Å². The van der Waals surface area contributed by atoms with Crippen molar-refractivity contribution in [2.45, 2.75) is 19.5 Å². The van der Waals surface area contributed by atoms with E-state index in [4.69, 9.17) is 11.6 Å². The van der Waals surface area contributed by atoms with E-state index in [1.807, 2.05) is 49.4 Å². The van der Waals surface area contributed by atoms with Gasteiger partial charge in [0.1, 0.15) is 5.75 Å². The Morgan fingerprint density at radius 3 is 2.45 bits per heavy atom. The molecule has 0 bridgehead atoms. The molecule has 0 aliphatic carbocycles. The van der Waals surface area contributed by atoms with Crippen LogP contribution in [0.5, 0.6) is 5.75 Å². The third-order valence-corrected chi connectivity index (χ3v) is 6.18. The van der Waals surface area contributed by atoms with Gasteiger partial charge < -0.3 is 14.6 Å². The van der Waals surface area contributed by atoms with Crippen molar-refractivity contribution < 1.29 is 5.11 Å². The topological polar surface area (TPSA) is 61.6 Å². The minimum Gasteiger partial charge on any atom is -0.507 e. The number of halogens is 1. The van der Waals surface area contributed by atoms with Crippen molar-refractivity contribution in [1.29, 1.82) is 0 Å². The number of hydrogen-bond donors (Lipinski definition) is 1. The molecule has 2 aromatic heterocycles. The predicted molar refractivity (Wildman–Crippen MR) is 123 cm³/mol. The maximum absolute atomic E-state index is 13.7. The van der Waals surface area contributed by atoms with E-state index in [-0.39, 0.29) is 17.4 Å². The first-order valence-corrected chi connectivity index (χ1v) is 10.8. The van der Waals surface area contributed by atoms with Crippen molar-refractivity contribution in [2.75, 3.05) is 33.2 Å². The van der Waals surface area contributed by atoms with Crippen LogP contribution < -0.4 is 5.56 Å². The van der Waals surface area contributed by atoms with Crippen LogP contribution in [-0.4, -0.2) is 57.7 Å². The molecule has 0 radical (unpaired) electrons. The number of hydrogen-bond acceptors (Lipinski definition) is 5. The summed E-state index contributed by atoms with van der Waals surface area (Å²) in [5.74, 6) is 0.0265. The number of rotatable bonds is 5. The van der Waals surface area contributed by atoms with Crippen molar-refractivity contribution in [1.82, 2.24) is 19.4 Å². The Balaban J connectivity index is 1.83. The van der Waals surface area contributed by atoms with E-state index < -0.39 is 0 Å². The molecule has 1 aromatic carbocycles. The van der Waals surface area contributed by atoms with Crippen LogP contribution in [0.4, 0.5) is 0 Å². The average molecular weight is 439 g/mol. The number of aryl methyl sites for hydroxylation is 1. The number of piperazine rings is 1. The fraction of sp³-hybridized carbons (Fsp3) is 0.333. The van der Waals surface area contributed by atoms with Crippen molar-refractivity contribution in [3.63, 3.8) is 0 Å². The molecule has 1 saturated heterocycles. The Hall–Kier alpha value is -2.67. The molecule has 0 unspecified atom stereocenters. The molecule has 3 aromatic rings. The summed E-state index contributed by atoms with van der Waals surface area (Å²) in [7, 11) is 2.10. The van der Waals surface area contributed by atoms with Gasteiger partial charge in [0.05, 0.1) is 23.8 Å². The van der Waals surface area contributed by atoms with Crippen LogP contribution in [0, 0.1) is 6.92 Å². The van der Waals surface area contributed by atoms with Gasteiger partial charge in [-0.2, -0.15) is 0 Å². The van der Waals surface area contributed by atoms with Crippen molar-refractivity contribution in [3.8, 4) is 5.75 Å². The van der Waals surface area contributed by atoms with Crippen LogP contribution in [0.1, 0.15) is 28.6 Å². The second-order valence-corrected chi connectivity index (χ2v) is 8.53. The SMILES string of the molecule is Cc1cc(O)c([C@@H](c2ccc(Cl)cc2)N2CCN(C)CC2)c(=O)n1Cc1ccccn1. The van der Waals surface area contributed by atoms with Gasteiger partial charge in [-0.05, 0) is 49.9 Å². The van der Waals surface area contributed by atoms with Gasteiger partial charge in [0.2, 0.25) is 0 Å². The van der Waals surface area contributed by atoms with Crippen molar-refractivity contribution in [2.24, 2.45) is 0 Å². The van der Waals surface area contributed by atoms with E-state index in [9.17, 15) is 9.90 Å². The normalized spacial score (nSPS) is 16.4. The van der Waals surface area contributed by atoms with Gasteiger partial charge in [-0.25, -0.2) is 0 Å². The molecular formula is C24H27ClN4O2. The lowest BCUT2D eigenvalue weighted by Gasteiger charge is -2.38. The lowest BCUT2D eigenvalue weighted by molar-refractivity contribution is 0.125. The summed E-state index contributed by atoms with van der Waals surface area (Å²) in [5.41, 5.74) is 2.64. The molecule has 162 valence electrons. The van der Waals surface area contributed by atoms with E-state index in [1.54, 1.807) is 16.8 Å². The molecule has 0 spiro atoms. The summed E-state index contributed by atoms with van der Waals surface area (Å²) in [5, 5.41) is 11.6. The Morgan fingerprint density at radius 2 is 1.81 bits per heavy atom. The first-order chi connectivity index (χ1) is 14.9. The molecule has 1 N–H and O–H groups in total. The van der Waals surface area contributed by atoms with Crippen LogP contribution in [0.3, 0.4) is 0 Å². The van der Waals surface area contributed by atoms with E-state index in [0.717, 1.165) is 37.4 Å². The van der Waals surface area contributed by atoms with E-state index in [2.05, 4.69) is 21.8 Å². The summed E-state index contributed by atoms with van der Waals surface area (Å²) in [6, 6.07) is 14.5. The molecule has 6 nitrogen and oxygen atoms in total. The van der Waals surface area contributed by atoms with Gasteiger partial charge in [-0.3, -0.25) is 14.7 Å². The highest BCUT2D eigenvalue weighted by molar-refractivity contribution is 6.30. The van der Waals surface area contributed by atoms with E-state index in [1.165, 1.54) is 0 Å². The van der Waals surface area contributed by atoms with Gasteiger partial charge in [-0.1, -0.05) is 29.8 Å². The van der Waals surface area contributed by atoms with Crippen LogP contribution in [0.15, 0.2) is 59.5 Å².